The van der Waals surface area contributed by atoms with E-state index in [1.807, 2.05) is 23.0 Å². The van der Waals surface area contributed by atoms with Crippen LogP contribution in [0.5, 0.6) is 11.5 Å². The van der Waals surface area contributed by atoms with Gasteiger partial charge in [0, 0.05) is 24.4 Å². The van der Waals surface area contributed by atoms with Crippen LogP contribution in [0.4, 0.5) is 5.88 Å². The van der Waals surface area contributed by atoms with E-state index in [1.54, 1.807) is 11.8 Å². The van der Waals surface area contributed by atoms with Crippen LogP contribution in [0, 0.1) is 10.1 Å². The number of rotatable bonds is 5. The standard InChI is InChI=1S/C17H15N3O6S2/c1-27-7-4-19-10-8-12-13(25-6-5-24-12)9-14(10)28-17(19)18-16(21)11-2-3-15(26-11)20(22)23/h2-3,8-9H,4-7H2,1H3. The number of hydrogen-bond acceptors (Lipinski definition) is 8. The largest absolute Gasteiger partial charge is 0.486 e. The highest BCUT2D eigenvalue weighted by molar-refractivity contribution is 7.98. The molecule has 2 aromatic heterocycles. The maximum atomic E-state index is 12.5. The number of amides is 1. The number of aromatic nitrogens is 1. The maximum absolute atomic E-state index is 12.5. The van der Waals surface area contributed by atoms with E-state index in [0.29, 0.717) is 36.1 Å². The molecule has 1 aliphatic heterocycles. The minimum atomic E-state index is -0.695. The van der Waals surface area contributed by atoms with Gasteiger partial charge in [-0.3, -0.25) is 14.9 Å². The van der Waals surface area contributed by atoms with Crippen molar-refractivity contribution in [1.29, 1.82) is 0 Å². The zero-order valence-electron chi connectivity index (χ0n) is 14.7. The predicted molar refractivity (Wildman–Crippen MR) is 104 cm³/mol. The molecule has 28 heavy (non-hydrogen) atoms. The summed E-state index contributed by atoms with van der Waals surface area (Å²) in [5.41, 5.74) is 0.889. The SMILES string of the molecule is CSCCn1c(=NC(=O)c2ccc([N+](=O)[O-])o2)sc2cc3c(cc21)OCCO3. The van der Waals surface area contributed by atoms with Crippen LogP contribution in [-0.4, -0.2) is 40.6 Å². The molecule has 3 aromatic rings. The second kappa shape index (κ2) is 7.68. The number of nitro groups is 1. The van der Waals surface area contributed by atoms with Crippen molar-refractivity contribution in [2.24, 2.45) is 4.99 Å². The van der Waals surface area contributed by atoms with Crippen LogP contribution in [0.3, 0.4) is 0 Å². The molecule has 0 radical (unpaired) electrons. The lowest BCUT2D eigenvalue weighted by atomic mass is 10.2. The van der Waals surface area contributed by atoms with Gasteiger partial charge in [-0.05, 0) is 12.3 Å². The van der Waals surface area contributed by atoms with Gasteiger partial charge in [-0.2, -0.15) is 16.8 Å². The number of fused-ring (bicyclic) bond motifs is 2. The van der Waals surface area contributed by atoms with Crippen LogP contribution < -0.4 is 14.3 Å². The minimum absolute atomic E-state index is 0.175. The normalized spacial score (nSPS) is 13.8. The predicted octanol–water partition coefficient (Wildman–Crippen LogP) is 3.08. The first-order chi connectivity index (χ1) is 13.6. The van der Waals surface area contributed by atoms with E-state index in [9.17, 15) is 14.9 Å². The van der Waals surface area contributed by atoms with Crippen LogP contribution in [0.15, 0.2) is 33.7 Å². The summed E-state index contributed by atoms with van der Waals surface area (Å²) in [5.74, 6) is 0.812. The molecule has 11 heteroatoms. The first-order valence-electron chi connectivity index (χ1n) is 8.32. The summed E-state index contributed by atoms with van der Waals surface area (Å²) in [6.45, 7) is 1.62. The number of nitrogens with zero attached hydrogens (tertiary/aromatic N) is 3. The molecule has 0 spiro atoms. The van der Waals surface area contributed by atoms with E-state index in [0.717, 1.165) is 22.0 Å². The molecule has 0 aliphatic carbocycles. The van der Waals surface area contributed by atoms with Crippen LogP contribution in [0.25, 0.3) is 10.2 Å². The van der Waals surface area contributed by atoms with E-state index in [1.165, 1.54) is 17.4 Å². The minimum Gasteiger partial charge on any atom is -0.486 e. The van der Waals surface area contributed by atoms with E-state index in [-0.39, 0.29) is 5.76 Å². The van der Waals surface area contributed by atoms with Crippen molar-refractivity contribution in [1.82, 2.24) is 4.57 Å². The first-order valence-corrected chi connectivity index (χ1v) is 10.5. The Morgan fingerprint density at radius 3 is 2.75 bits per heavy atom. The van der Waals surface area contributed by atoms with Gasteiger partial charge in [0.25, 0.3) is 0 Å². The molecule has 4 rings (SSSR count). The van der Waals surface area contributed by atoms with Gasteiger partial charge < -0.3 is 18.5 Å². The van der Waals surface area contributed by atoms with E-state index in [2.05, 4.69) is 4.99 Å². The van der Waals surface area contributed by atoms with Crippen molar-refractivity contribution in [3.8, 4) is 11.5 Å². The van der Waals surface area contributed by atoms with Gasteiger partial charge in [-0.15, -0.1) is 0 Å². The average molecular weight is 421 g/mol. The van der Waals surface area contributed by atoms with Crippen molar-refractivity contribution in [2.75, 3.05) is 25.2 Å². The Labute approximate surface area is 166 Å². The highest BCUT2D eigenvalue weighted by Crippen LogP contribution is 2.35. The average Bonchev–Trinajstić information content (AvgIpc) is 3.30. The third-order valence-electron chi connectivity index (χ3n) is 4.05. The van der Waals surface area contributed by atoms with Crippen LogP contribution in [0.2, 0.25) is 0 Å². The van der Waals surface area contributed by atoms with Gasteiger partial charge in [-0.1, -0.05) is 11.3 Å². The second-order valence-electron chi connectivity index (χ2n) is 5.80. The number of aryl methyl sites for hydroxylation is 1. The van der Waals surface area contributed by atoms with Gasteiger partial charge in [-0.25, -0.2) is 0 Å². The lowest BCUT2D eigenvalue weighted by Gasteiger charge is -2.18. The number of hydrogen-bond donors (Lipinski definition) is 0. The van der Waals surface area contributed by atoms with E-state index in [4.69, 9.17) is 13.9 Å². The summed E-state index contributed by atoms with van der Waals surface area (Å²) < 4.78 is 19.1. The smallest absolute Gasteiger partial charge is 0.433 e. The molecule has 1 aromatic carbocycles. The van der Waals surface area contributed by atoms with Crippen LogP contribution in [-0.2, 0) is 6.54 Å². The molecule has 0 saturated carbocycles. The number of carbonyl (C=O) groups is 1. The second-order valence-corrected chi connectivity index (χ2v) is 7.80. The Morgan fingerprint density at radius 1 is 1.32 bits per heavy atom. The van der Waals surface area contributed by atoms with Gasteiger partial charge in [0.05, 0.1) is 16.3 Å². The molecule has 1 amide bonds. The molecule has 0 atom stereocenters. The number of ether oxygens (including phenoxy) is 2. The Kier molecular flexibility index (Phi) is 5.09. The highest BCUT2D eigenvalue weighted by Gasteiger charge is 2.19. The van der Waals surface area contributed by atoms with E-state index < -0.39 is 16.7 Å². The fourth-order valence-corrected chi connectivity index (χ4v) is 4.20. The van der Waals surface area contributed by atoms with Crippen molar-refractivity contribution < 1.29 is 23.6 Å². The molecule has 0 fully saturated rings. The van der Waals surface area contributed by atoms with Crippen LogP contribution in [0.1, 0.15) is 10.6 Å². The monoisotopic (exact) mass is 421 g/mol. The summed E-state index contributed by atoms with van der Waals surface area (Å²) in [6.07, 6.45) is 2.00. The molecule has 9 nitrogen and oxygen atoms in total. The lowest BCUT2D eigenvalue weighted by Crippen LogP contribution is -2.18. The zero-order valence-corrected chi connectivity index (χ0v) is 16.4. The molecular weight excluding hydrogens is 406 g/mol. The molecule has 3 heterocycles. The Hall–Kier alpha value is -2.79. The summed E-state index contributed by atoms with van der Waals surface area (Å²) in [7, 11) is 0. The van der Waals surface area contributed by atoms with Crippen molar-refractivity contribution >= 4 is 45.1 Å². The molecule has 0 unspecified atom stereocenters. The summed E-state index contributed by atoms with van der Waals surface area (Å²) in [4.78, 5) is 27.2. The Morgan fingerprint density at radius 2 is 2.07 bits per heavy atom. The first kappa shape index (κ1) is 18.6. The molecule has 0 saturated heterocycles. The van der Waals surface area contributed by atoms with Crippen molar-refractivity contribution in [2.45, 2.75) is 6.54 Å². The van der Waals surface area contributed by atoms with Gasteiger partial charge in [0.15, 0.2) is 16.3 Å². The quantitative estimate of drug-likeness (QED) is 0.460. The fraction of sp³-hybridized carbons (Fsp3) is 0.294. The van der Waals surface area contributed by atoms with Gasteiger partial charge in [0.1, 0.15) is 18.1 Å². The molecule has 0 bridgehead atoms. The lowest BCUT2D eigenvalue weighted by molar-refractivity contribution is -0.402. The zero-order chi connectivity index (χ0) is 19.7. The summed E-state index contributed by atoms with van der Waals surface area (Å²) >= 11 is 3.01. The fourth-order valence-electron chi connectivity index (χ4n) is 2.77. The Balaban J connectivity index is 1.80. The van der Waals surface area contributed by atoms with E-state index >= 15 is 0 Å². The van der Waals surface area contributed by atoms with Crippen molar-refractivity contribution in [3.63, 3.8) is 0 Å². The molecule has 1 aliphatic rings. The van der Waals surface area contributed by atoms with Crippen molar-refractivity contribution in [3.05, 3.63) is 44.9 Å². The number of thioether (sulfide) groups is 1. The number of benzene rings is 1. The number of thiazole rings is 1. The number of furan rings is 1. The van der Waals surface area contributed by atoms with Gasteiger partial charge >= 0.3 is 11.8 Å². The molecular formula is C17H15N3O6S2. The van der Waals surface area contributed by atoms with Gasteiger partial charge in [0.2, 0.25) is 5.76 Å². The topological polar surface area (TPSA) is 109 Å². The third kappa shape index (κ3) is 3.50. The summed E-state index contributed by atoms with van der Waals surface area (Å²) in [5, 5.41) is 10.8. The molecule has 146 valence electrons. The van der Waals surface area contributed by atoms with Crippen LogP contribution >= 0.6 is 23.1 Å². The Bertz CT molecular complexity index is 1130. The number of carbonyl (C=O) groups excluding carboxylic acids is 1. The highest BCUT2D eigenvalue weighted by atomic mass is 32.2. The third-order valence-corrected chi connectivity index (χ3v) is 5.68. The summed E-state index contributed by atoms with van der Waals surface area (Å²) in [6, 6.07) is 6.16. The molecule has 0 N–H and O–H groups in total. The maximum Gasteiger partial charge on any atom is 0.433 e.